The van der Waals surface area contributed by atoms with Gasteiger partial charge in [-0.2, -0.15) is 13.2 Å². The minimum Gasteiger partial charge on any atom is -0.468 e. The van der Waals surface area contributed by atoms with Crippen molar-refractivity contribution < 1.29 is 32.0 Å². The summed E-state index contributed by atoms with van der Waals surface area (Å²) in [4.78, 5) is 0. The Kier molecular flexibility index (Phi) is 4.96. The topological polar surface area (TPSA) is 36.9 Å². The lowest BCUT2D eigenvalue weighted by Gasteiger charge is -2.32. The molecule has 1 fully saturated rings. The molecule has 1 aromatic rings. The molecule has 0 atom stereocenters. The third-order valence-electron chi connectivity index (χ3n) is 4.50. The predicted octanol–water partition coefficient (Wildman–Crippen LogP) is 3.30. The quantitative estimate of drug-likeness (QED) is 0.619. The van der Waals surface area contributed by atoms with Crippen molar-refractivity contribution in [2.45, 2.75) is 52.0 Å². The van der Waals surface area contributed by atoms with E-state index < -0.39 is 30.1 Å². The average molecular weight is 346 g/mol. The number of alkyl halides is 3. The molecule has 2 rings (SSSR count). The molecule has 4 nitrogen and oxygen atoms in total. The Bertz CT molecular complexity index is 598. The summed E-state index contributed by atoms with van der Waals surface area (Å²) in [5, 5.41) is 0. The van der Waals surface area contributed by atoms with Crippen LogP contribution < -0.4 is 10.2 Å². The molecule has 0 saturated carbocycles. The van der Waals surface area contributed by atoms with Crippen LogP contribution >= 0.6 is 0 Å². The molecule has 0 unspecified atom stereocenters. The number of hydrogen-bond donors (Lipinski definition) is 0. The predicted molar refractivity (Wildman–Crippen MR) is 84.4 cm³/mol. The molecule has 0 aliphatic carbocycles. The first-order valence-electron chi connectivity index (χ1n) is 7.58. The Labute approximate surface area is 140 Å². The van der Waals surface area contributed by atoms with E-state index in [0.717, 1.165) is 12.1 Å². The van der Waals surface area contributed by atoms with Gasteiger partial charge in [-0.05, 0) is 52.3 Å². The minimum atomic E-state index is -4.47. The van der Waals surface area contributed by atoms with Crippen molar-refractivity contribution in [2.24, 2.45) is 0 Å². The summed E-state index contributed by atoms with van der Waals surface area (Å²) in [6, 6.07) is 2.02. The highest BCUT2D eigenvalue weighted by molar-refractivity contribution is 6.63. The molecule has 1 aromatic carbocycles. The molecule has 0 spiro atoms. The molecule has 1 heterocycles. The van der Waals surface area contributed by atoms with E-state index in [0.29, 0.717) is 11.0 Å². The smallest absolute Gasteiger partial charge is 0.468 e. The van der Waals surface area contributed by atoms with Crippen LogP contribution in [0.1, 0.15) is 38.8 Å². The summed E-state index contributed by atoms with van der Waals surface area (Å²) in [6.07, 6.45) is -4.47. The Morgan fingerprint density at radius 2 is 1.62 bits per heavy atom. The first-order valence-corrected chi connectivity index (χ1v) is 7.58. The van der Waals surface area contributed by atoms with Gasteiger partial charge in [0.1, 0.15) is 5.75 Å². The summed E-state index contributed by atoms with van der Waals surface area (Å²) in [7, 11) is 0.582. The van der Waals surface area contributed by atoms with Crippen molar-refractivity contribution in [2.75, 3.05) is 13.9 Å². The number of hydrogen-bond acceptors (Lipinski definition) is 4. The first kappa shape index (κ1) is 19.1. The van der Waals surface area contributed by atoms with Gasteiger partial charge in [-0.25, -0.2) is 0 Å². The van der Waals surface area contributed by atoms with Gasteiger partial charge in [0.05, 0.1) is 16.8 Å². The molecule has 134 valence electrons. The Morgan fingerprint density at radius 3 is 2.08 bits per heavy atom. The number of methoxy groups -OCH3 is 1. The van der Waals surface area contributed by atoms with Crippen LogP contribution in [0.4, 0.5) is 13.2 Å². The van der Waals surface area contributed by atoms with Gasteiger partial charge in [-0.15, -0.1) is 0 Å². The number of ether oxygens (including phenoxy) is 2. The fourth-order valence-corrected chi connectivity index (χ4v) is 2.43. The van der Waals surface area contributed by atoms with Crippen LogP contribution in [0, 0.1) is 6.92 Å². The summed E-state index contributed by atoms with van der Waals surface area (Å²) < 4.78 is 61.3. The molecule has 1 saturated heterocycles. The van der Waals surface area contributed by atoms with Crippen LogP contribution in [0.15, 0.2) is 12.1 Å². The molecule has 0 N–H and O–H groups in total. The Balaban J connectivity index is 2.49. The maximum Gasteiger partial charge on any atom is 0.498 e. The third kappa shape index (κ3) is 3.55. The second-order valence-electron chi connectivity index (χ2n) is 6.84. The van der Waals surface area contributed by atoms with E-state index in [4.69, 9.17) is 18.8 Å². The fraction of sp³-hybridized carbons (Fsp3) is 0.625. The lowest BCUT2D eigenvalue weighted by Crippen LogP contribution is -2.41. The molecule has 0 bridgehead atoms. The van der Waals surface area contributed by atoms with E-state index >= 15 is 0 Å². The zero-order chi connectivity index (χ0) is 18.3. The lowest BCUT2D eigenvalue weighted by molar-refractivity contribution is -0.137. The molecule has 1 aliphatic rings. The number of benzene rings is 1. The lowest BCUT2D eigenvalue weighted by atomic mass is 9.75. The third-order valence-corrected chi connectivity index (χ3v) is 4.50. The van der Waals surface area contributed by atoms with Crippen molar-refractivity contribution in [3.8, 4) is 5.75 Å². The highest BCUT2D eigenvalue weighted by Gasteiger charge is 2.53. The minimum absolute atomic E-state index is 0.0441. The van der Waals surface area contributed by atoms with E-state index in [-0.39, 0.29) is 12.5 Å². The maximum absolute atomic E-state index is 13.1. The van der Waals surface area contributed by atoms with Crippen molar-refractivity contribution in [3.05, 3.63) is 23.3 Å². The summed E-state index contributed by atoms with van der Waals surface area (Å²) in [5.74, 6) is 0.0441. The van der Waals surface area contributed by atoms with Crippen LogP contribution in [0.3, 0.4) is 0 Å². The molecule has 24 heavy (non-hydrogen) atoms. The van der Waals surface area contributed by atoms with E-state index in [1.807, 2.05) is 27.7 Å². The largest absolute Gasteiger partial charge is 0.498 e. The fourth-order valence-electron chi connectivity index (χ4n) is 2.43. The molecule has 0 radical (unpaired) electrons. The molecule has 1 aliphatic heterocycles. The van der Waals surface area contributed by atoms with Crippen molar-refractivity contribution in [1.82, 2.24) is 0 Å². The van der Waals surface area contributed by atoms with Gasteiger partial charge in [0.2, 0.25) is 0 Å². The second-order valence-corrected chi connectivity index (χ2v) is 6.84. The van der Waals surface area contributed by atoms with E-state index in [2.05, 4.69) is 0 Å². The van der Waals surface area contributed by atoms with Crippen molar-refractivity contribution >= 4 is 12.6 Å². The zero-order valence-corrected chi connectivity index (χ0v) is 14.7. The van der Waals surface area contributed by atoms with Gasteiger partial charge < -0.3 is 18.8 Å². The Morgan fingerprint density at radius 1 is 1.08 bits per heavy atom. The Hall–Kier alpha value is -1.25. The van der Waals surface area contributed by atoms with Crippen LogP contribution in [0.5, 0.6) is 5.75 Å². The van der Waals surface area contributed by atoms with Gasteiger partial charge in [-0.1, -0.05) is 0 Å². The van der Waals surface area contributed by atoms with Gasteiger partial charge in [0.15, 0.2) is 6.79 Å². The average Bonchev–Trinajstić information content (AvgIpc) is 2.63. The standard InChI is InChI=1S/C16H22BF3O4/c1-10-7-11(16(18,19)20)8-12(22-9-21-6)13(10)17-23-14(2,3)15(4,5)24-17/h7-8H,9H2,1-6H3. The van der Waals surface area contributed by atoms with Crippen LogP contribution in [0.25, 0.3) is 0 Å². The highest BCUT2D eigenvalue weighted by Crippen LogP contribution is 2.38. The molecular weight excluding hydrogens is 324 g/mol. The summed E-state index contributed by atoms with van der Waals surface area (Å²) >= 11 is 0. The van der Waals surface area contributed by atoms with Gasteiger partial charge in [0, 0.05) is 12.6 Å². The zero-order valence-electron chi connectivity index (χ0n) is 14.7. The monoisotopic (exact) mass is 346 g/mol. The van der Waals surface area contributed by atoms with Gasteiger partial charge in [0.25, 0.3) is 0 Å². The van der Waals surface area contributed by atoms with E-state index in [1.54, 1.807) is 6.92 Å². The normalized spacial score (nSPS) is 19.6. The van der Waals surface area contributed by atoms with Crippen molar-refractivity contribution in [3.63, 3.8) is 0 Å². The molecule has 8 heteroatoms. The summed E-state index contributed by atoms with van der Waals surface area (Å²) in [6.45, 7) is 8.91. The number of halogens is 3. The molecule has 0 amide bonds. The number of aryl methyl sites for hydroxylation is 1. The van der Waals surface area contributed by atoms with Gasteiger partial charge in [-0.3, -0.25) is 0 Å². The number of rotatable bonds is 4. The maximum atomic E-state index is 13.1. The first-order chi connectivity index (χ1) is 10.9. The summed E-state index contributed by atoms with van der Waals surface area (Å²) in [5.41, 5.74) is -1.17. The van der Waals surface area contributed by atoms with Crippen molar-refractivity contribution in [1.29, 1.82) is 0 Å². The molecular formula is C16H22BF3O4. The van der Waals surface area contributed by atoms with E-state index in [1.165, 1.54) is 7.11 Å². The molecule has 0 aromatic heterocycles. The highest BCUT2D eigenvalue weighted by atomic mass is 19.4. The SMILES string of the molecule is COCOc1cc(C(F)(F)F)cc(C)c1B1OC(C)(C)C(C)(C)O1. The van der Waals surface area contributed by atoms with Crippen LogP contribution in [-0.2, 0) is 20.2 Å². The van der Waals surface area contributed by atoms with Crippen LogP contribution in [-0.4, -0.2) is 32.2 Å². The van der Waals surface area contributed by atoms with E-state index in [9.17, 15) is 13.2 Å². The van der Waals surface area contributed by atoms with Gasteiger partial charge >= 0.3 is 13.3 Å². The second kappa shape index (κ2) is 6.24. The van der Waals surface area contributed by atoms with Crippen LogP contribution in [0.2, 0.25) is 0 Å².